The number of nitrogens with zero attached hydrogens (tertiary/aromatic N) is 1. The standard InChI is InChI=1S/C18H16F3NO5/c1-4-26-17(24)9(3)7-22-8-11(18(25)27-5-2)16(23)10-6-12(19)13(20)14(21)15(10)22/h6,8H,3-5,7H2,1-2H3. The second kappa shape index (κ2) is 8.07. The van der Waals surface area contributed by atoms with E-state index in [1.165, 1.54) is 6.92 Å². The Bertz CT molecular complexity index is 997. The highest BCUT2D eigenvalue weighted by Gasteiger charge is 2.23. The molecule has 9 heteroatoms. The van der Waals surface area contributed by atoms with Crippen LogP contribution >= 0.6 is 0 Å². The van der Waals surface area contributed by atoms with Crippen LogP contribution in [0.25, 0.3) is 10.9 Å². The first-order valence-electron chi connectivity index (χ1n) is 7.95. The first kappa shape index (κ1) is 20.2. The van der Waals surface area contributed by atoms with Crippen molar-refractivity contribution >= 4 is 22.8 Å². The Morgan fingerprint density at radius 1 is 1.11 bits per heavy atom. The normalized spacial score (nSPS) is 10.7. The number of esters is 2. The monoisotopic (exact) mass is 383 g/mol. The van der Waals surface area contributed by atoms with Crippen molar-refractivity contribution in [3.8, 4) is 0 Å². The molecule has 0 spiro atoms. The zero-order valence-corrected chi connectivity index (χ0v) is 14.6. The van der Waals surface area contributed by atoms with E-state index in [4.69, 9.17) is 9.47 Å². The lowest BCUT2D eigenvalue weighted by Crippen LogP contribution is -2.23. The molecule has 0 N–H and O–H groups in total. The Labute approximate surface area is 151 Å². The summed E-state index contributed by atoms with van der Waals surface area (Å²) in [5.74, 6) is -6.83. The molecule has 0 aliphatic rings. The van der Waals surface area contributed by atoms with Gasteiger partial charge in [-0.1, -0.05) is 6.58 Å². The number of rotatable bonds is 6. The van der Waals surface area contributed by atoms with Crippen LogP contribution in [0.2, 0.25) is 0 Å². The van der Waals surface area contributed by atoms with Gasteiger partial charge >= 0.3 is 11.9 Å². The topological polar surface area (TPSA) is 74.6 Å². The number of fused-ring (bicyclic) bond motifs is 1. The van der Waals surface area contributed by atoms with Crippen molar-refractivity contribution < 1.29 is 32.2 Å². The number of ether oxygens (including phenoxy) is 2. The third-order valence-electron chi connectivity index (χ3n) is 3.62. The molecule has 0 fully saturated rings. The molecule has 0 saturated heterocycles. The minimum Gasteiger partial charge on any atom is -0.463 e. The molecule has 144 valence electrons. The number of pyridine rings is 1. The molecule has 2 aromatic rings. The number of carbonyl (C=O) groups is 2. The average Bonchev–Trinajstić information content (AvgIpc) is 2.62. The highest BCUT2D eigenvalue weighted by atomic mass is 19.2. The van der Waals surface area contributed by atoms with Crippen molar-refractivity contribution in [3.05, 3.63) is 57.7 Å². The molecule has 0 radical (unpaired) electrons. The van der Waals surface area contributed by atoms with E-state index in [2.05, 4.69) is 6.58 Å². The number of halogens is 3. The van der Waals surface area contributed by atoms with Gasteiger partial charge in [-0.15, -0.1) is 0 Å². The van der Waals surface area contributed by atoms with E-state index in [1.54, 1.807) is 6.92 Å². The summed E-state index contributed by atoms with van der Waals surface area (Å²) in [6, 6.07) is 0.489. The van der Waals surface area contributed by atoms with Crippen LogP contribution in [0.3, 0.4) is 0 Å². The van der Waals surface area contributed by atoms with Crippen LogP contribution in [-0.2, 0) is 20.8 Å². The van der Waals surface area contributed by atoms with E-state index in [-0.39, 0.29) is 18.8 Å². The van der Waals surface area contributed by atoms with Gasteiger partial charge in [0.05, 0.1) is 30.7 Å². The third-order valence-corrected chi connectivity index (χ3v) is 3.62. The number of benzene rings is 1. The highest BCUT2D eigenvalue weighted by molar-refractivity contribution is 5.94. The Morgan fingerprint density at radius 2 is 1.74 bits per heavy atom. The molecule has 0 saturated carbocycles. The Balaban J connectivity index is 2.76. The maximum Gasteiger partial charge on any atom is 0.343 e. The van der Waals surface area contributed by atoms with Gasteiger partial charge in [-0.3, -0.25) is 4.79 Å². The Morgan fingerprint density at radius 3 is 2.33 bits per heavy atom. The summed E-state index contributed by atoms with van der Waals surface area (Å²) < 4.78 is 52.1. The minimum atomic E-state index is -1.79. The molecule has 0 atom stereocenters. The molecule has 0 aliphatic carbocycles. The van der Waals surface area contributed by atoms with Gasteiger partial charge in [-0.25, -0.2) is 22.8 Å². The first-order chi connectivity index (χ1) is 12.7. The summed E-state index contributed by atoms with van der Waals surface area (Å²) in [6.45, 7) is 6.16. The maximum absolute atomic E-state index is 14.3. The molecular formula is C18H16F3NO5. The predicted octanol–water partition coefficient (Wildman–Crippen LogP) is 2.71. The lowest BCUT2D eigenvalue weighted by Gasteiger charge is -2.15. The van der Waals surface area contributed by atoms with Crippen molar-refractivity contribution in [2.75, 3.05) is 13.2 Å². The number of carbonyl (C=O) groups excluding carboxylic acids is 2. The minimum absolute atomic E-state index is 0.0437. The average molecular weight is 383 g/mol. The molecule has 6 nitrogen and oxygen atoms in total. The van der Waals surface area contributed by atoms with E-state index in [1.807, 2.05) is 0 Å². The molecule has 0 aliphatic heterocycles. The Hall–Kier alpha value is -3.10. The fourth-order valence-corrected chi connectivity index (χ4v) is 2.45. The van der Waals surface area contributed by atoms with Gasteiger partial charge in [0, 0.05) is 11.8 Å². The molecule has 1 aromatic carbocycles. The van der Waals surface area contributed by atoms with Crippen molar-refractivity contribution in [1.82, 2.24) is 4.57 Å². The van der Waals surface area contributed by atoms with Crippen molar-refractivity contribution in [3.63, 3.8) is 0 Å². The van der Waals surface area contributed by atoms with Crippen LogP contribution in [0, 0.1) is 17.5 Å². The fraction of sp³-hybridized carbons (Fsp3) is 0.278. The van der Waals surface area contributed by atoms with Crippen LogP contribution < -0.4 is 5.43 Å². The maximum atomic E-state index is 14.3. The summed E-state index contributed by atoms with van der Waals surface area (Å²) in [4.78, 5) is 36.2. The lowest BCUT2D eigenvalue weighted by molar-refractivity contribution is -0.138. The largest absolute Gasteiger partial charge is 0.463 e. The molecular weight excluding hydrogens is 367 g/mol. The van der Waals surface area contributed by atoms with E-state index >= 15 is 0 Å². The molecule has 2 rings (SSSR count). The molecule has 27 heavy (non-hydrogen) atoms. The second-order valence-electron chi connectivity index (χ2n) is 5.43. The molecule has 1 aromatic heterocycles. The predicted molar refractivity (Wildman–Crippen MR) is 89.8 cm³/mol. The number of hydrogen-bond acceptors (Lipinski definition) is 5. The third kappa shape index (κ3) is 3.86. The van der Waals surface area contributed by atoms with Crippen LogP contribution in [0.5, 0.6) is 0 Å². The molecule has 0 bridgehead atoms. The smallest absolute Gasteiger partial charge is 0.343 e. The van der Waals surface area contributed by atoms with E-state index < -0.39 is 57.8 Å². The first-order valence-corrected chi connectivity index (χ1v) is 7.95. The van der Waals surface area contributed by atoms with Gasteiger partial charge in [-0.2, -0.15) is 0 Å². The second-order valence-corrected chi connectivity index (χ2v) is 5.43. The van der Waals surface area contributed by atoms with Gasteiger partial charge in [0.1, 0.15) is 5.56 Å². The Kier molecular flexibility index (Phi) is 6.04. The molecule has 0 unspecified atom stereocenters. The summed E-state index contributed by atoms with van der Waals surface area (Å²) in [5, 5.41) is -0.575. The van der Waals surface area contributed by atoms with E-state index in [0.717, 1.165) is 10.8 Å². The van der Waals surface area contributed by atoms with Gasteiger partial charge in [0.2, 0.25) is 5.43 Å². The van der Waals surface area contributed by atoms with Gasteiger partial charge in [0.25, 0.3) is 0 Å². The van der Waals surface area contributed by atoms with Gasteiger partial charge in [0.15, 0.2) is 17.5 Å². The van der Waals surface area contributed by atoms with Crippen LogP contribution in [0.1, 0.15) is 24.2 Å². The van der Waals surface area contributed by atoms with Crippen molar-refractivity contribution in [2.24, 2.45) is 0 Å². The zero-order valence-electron chi connectivity index (χ0n) is 14.6. The summed E-state index contributed by atoms with van der Waals surface area (Å²) >= 11 is 0. The SMILES string of the molecule is C=C(Cn1cc(C(=O)OCC)c(=O)c2cc(F)c(F)c(F)c21)C(=O)OCC. The van der Waals surface area contributed by atoms with Crippen LogP contribution in [-0.4, -0.2) is 29.7 Å². The fourth-order valence-electron chi connectivity index (χ4n) is 2.45. The number of aromatic nitrogens is 1. The quantitative estimate of drug-likeness (QED) is 0.436. The highest BCUT2D eigenvalue weighted by Crippen LogP contribution is 2.23. The zero-order chi connectivity index (χ0) is 20.3. The lowest BCUT2D eigenvalue weighted by atomic mass is 10.1. The van der Waals surface area contributed by atoms with Gasteiger partial charge < -0.3 is 14.0 Å². The summed E-state index contributed by atoms with van der Waals surface area (Å²) in [7, 11) is 0. The van der Waals surface area contributed by atoms with Crippen molar-refractivity contribution in [1.29, 1.82) is 0 Å². The van der Waals surface area contributed by atoms with Crippen molar-refractivity contribution in [2.45, 2.75) is 20.4 Å². The summed E-state index contributed by atoms with van der Waals surface area (Å²) in [5.41, 5.74) is -2.32. The van der Waals surface area contributed by atoms with E-state index in [9.17, 15) is 27.6 Å². The number of hydrogen-bond donors (Lipinski definition) is 0. The van der Waals surface area contributed by atoms with Crippen LogP contribution in [0.4, 0.5) is 13.2 Å². The van der Waals surface area contributed by atoms with Gasteiger partial charge in [-0.05, 0) is 19.9 Å². The summed E-state index contributed by atoms with van der Waals surface area (Å²) in [6.07, 6.45) is 0.910. The van der Waals surface area contributed by atoms with E-state index in [0.29, 0.717) is 6.07 Å². The van der Waals surface area contributed by atoms with Crippen LogP contribution in [0.15, 0.2) is 29.2 Å². The molecule has 1 heterocycles. The molecule has 0 amide bonds.